The summed E-state index contributed by atoms with van der Waals surface area (Å²) in [4.78, 5) is 12.8. The molecule has 5 aromatic rings. The van der Waals surface area contributed by atoms with Crippen molar-refractivity contribution in [2.75, 3.05) is 14.2 Å². The van der Waals surface area contributed by atoms with Gasteiger partial charge in [0.25, 0.3) is 0 Å². The molecule has 6 nitrogen and oxygen atoms in total. The SMILES string of the molecule is COc1ccc(/C2=c3\cc/c(o3)=C(\c3ccc(OC)cc3)c3ccc([nH]3)-c3ccc([nH]3)C(C3C=CC=C3)C3C=CC2=N3)cc1. The van der Waals surface area contributed by atoms with Crippen LogP contribution in [0.3, 0.4) is 0 Å². The Morgan fingerprint density at radius 2 is 1.20 bits per heavy atom. The maximum Gasteiger partial charge on any atom is 0.137 e. The van der Waals surface area contributed by atoms with Crippen LogP contribution in [0.1, 0.15) is 28.4 Å². The van der Waals surface area contributed by atoms with Gasteiger partial charge in [-0.1, -0.05) is 54.6 Å². The van der Waals surface area contributed by atoms with Crippen LogP contribution < -0.4 is 20.3 Å². The zero-order chi connectivity index (χ0) is 29.6. The Morgan fingerprint density at radius 1 is 0.614 bits per heavy atom. The van der Waals surface area contributed by atoms with E-state index >= 15 is 0 Å². The minimum atomic E-state index is -0.0534. The number of aliphatic imine (C=N–C) groups is 1. The van der Waals surface area contributed by atoms with Crippen molar-refractivity contribution >= 4 is 16.9 Å². The van der Waals surface area contributed by atoms with Crippen molar-refractivity contribution in [1.82, 2.24) is 9.97 Å². The molecule has 0 fully saturated rings. The van der Waals surface area contributed by atoms with Crippen molar-refractivity contribution in [3.63, 3.8) is 0 Å². The summed E-state index contributed by atoms with van der Waals surface area (Å²) >= 11 is 0. The summed E-state index contributed by atoms with van der Waals surface area (Å²) in [5, 5.41) is 0. The number of benzene rings is 2. The number of hydrogen-bond acceptors (Lipinski definition) is 4. The molecule has 2 unspecified atom stereocenters. The van der Waals surface area contributed by atoms with E-state index in [1.165, 1.54) is 0 Å². The van der Waals surface area contributed by atoms with Crippen LogP contribution in [0.2, 0.25) is 0 Å². The number of H-pyrrole nitrogens is 2. The van der Waals surface area contributed by atoms with E-state index in [2.05, 4.69) is 95.0 Å². The van der Waals surface area contributed by atoms with Crippen molar-refractivity contribution in [3.05, 3.63) is 155 Å². The molecule has 2 aromatic carbocycles. The van der Waals surface area contributed by atoms with Gasteiger partial charge in [0.05, 0.1) is 43.1 Å². The van der Waals surface area contributed by atoms with Crippen LogP contribution in [0.5, 0.6) is 11.5 Å². The topological polar surface area (TPSA) is 75.5 Å². The number of rotatable bonds is 5. The summed E-state index contributed by atoms with van der Waals surface area (Å²) in [6.07, 6.45) is 13.1. The van der Waals surface area contributed by atoms with Crippen molar-refractivity contribution < 1.29 is 13.9 Å². The lowest BCUT2D eigenvalue weighted by Crippen LogP contribution is -2.21. The normalized spacial score (nSPS) is 21.3. The molecule has 5 heterocycles. The highest BCUT2D eigenvalue weighted by Crippen LogP contribution is 2.38. The molecular formula is C38H31N3O3. The van der Waals surface area contributed by atoms with E-state index in [1.54, 1.807) is 14.2 Å². The van der Waals surface area contributed by atoms with Crippen molar-refractivity contribution in [1.29, 1.82) is 0 Å². The third kappa shape index (κ3) is 4.47. The van der Waals surface area contributed by atoms with Gasteiger partial charge < -0.3 is 23.9 Å². The molecule has 2 N–H and O–H groups in total. The van der Waals surface area contributed by atoms with E-state index in [-0.39, 0.29) is 17.9 Å². The second kappa shape index (κ2) is 10.7. The number of nitrogens with one attached hydrogen (secondary N) is 2. The first-order valence-corrected chi connectivity index (χ1v) is 14.8. The van der Waals surface area contributed by atoms with E-state index in [0.717, 1.165) is 73.1 Å². The van der Waals surface area contributed by atoms with Gasteiger partial charge in [0, 0.05) is 28.7 Å². The highest BCUT2D eigenvalue weighted by molar-refractivity contribution is 6.29. The summed E-state index contributed by atoms with van der Waals surface area (Å²) in [7, 11) is 3.36. The third-order valence-electron chi connectivity index (χ3n) is 8.73. The number of allylic oxidation sites excluding steroid dienone is 5. The van der Waals surface area contributed by atoms with Gasteiger partial charge in [0.2, 0.25) is 0 Å². The molecular weight excluding hydrogens is 546 g/mol. The fraction of sp³-hybridized carbons (Fsp3) is 0.132. The van der Waals surface area contributed by atoms with Gasteiger partial charge in [0.1, 0.15) is 22.3 Å². The van der Waals surface area contributed by atoms with E-state index in [1.807, 2.05) is 36.4 Å². The molecule has 44 heavy (non-hydrogen) atoms. The minimum Gasteiger partial charge on any atom is -0.497 e. The molecule has 216 valence electrons. The first-order chi connectivity index (χ1) is 21.7. The Hall–Kier alpha value is -5.49. The van der Waals surface area contributed by atoms with Gasteiger partial charge in [-0.2, -0.15) is 0 Å². The Kier molecular flexibility index (Phi) is 6.33. The lowest BCUT2D eigenvalue weighted by atomic mass is 9.84. The zero-order valence-corrected chi connectivity index (χ0v) is 24.5. The summed E-state index contributed by atoms with van der Waals surface area (Å²) in [5.74, 6) is 1.94. The first-order valence-electron chi connectivity index (χ1n) is 14.8. The standard InChI is InChI=1S/C38H31N3O3/c1-42-26-11-7-24(8-12-26)37-32-18-16-29(40-32)28-15-17-30(39-28)36(23-5-3-4-6-23)31-19-20-33(41-31)38(35-22-21-34(37)44-35)25-9-13-27(43-2)14-10-25/h3-23,31,36,39-40H,1-2H3/b37-34-,38-35-. The number of nitrogens with zero attached hydrogens (tertiary/aromatic N) is 1. The van der Waals surface area contributed by atoms with E-state index < -0.39 is 0 Å². The lowest BCUT2D eigenvalue weighted by molar-refractivity contribution is 0.414. The molecule has 8 bridgehead atoms. The second-order valence-electron chi connectivity index (χ2n) is 11.2. The average Bonchev–Trinajstić information content (AvgIpc) is 3.90. The van der Waals surface area contributed by atoms with Crippen molar-refractivity contribution in [2.45, 2.75) is 12.0 Å². The van der Waals surface area contributed by atoms with Crippen molar-refractivity contribution in [2.24, 2.45) is 10.9 Å². The molecule has 0 spiro atoms. The highest BCUT2D eigenvalue weighted by Gasteiger charge is 2.32. The number of ether oxygens (including phenoxy) is 2. The molecule has 0 saturated carbocycles. The van der Waals surface area contributed by atoms with Gasteiger partial charge in [-0.05, 0) is 77.9 Å². The minimum absolute atomic E-state index is 0.0534. The quantitative estimate of drug-likeness (QED) is 0.258. The maximum absolute atomic E-state index is 6.78. The van der Waals surface area contributed by atoms with E-state index in [0.29, 0.717) is 0 Å². The van der Waals surface area contributed by atoms with E-state index in [9.17, 15) is 0 Å². The Bertz CT molecular complexity index is 2090. The van der Waals surface area contributed by atoms with Gasteiger partial charge in [-0.25, -0.2) is 0 Å². The summed E-state index contributed by atoms with van der Waals surface area (Å²) in [6, 6.07) is 28.8. The Morgan fingerprint density at radius 3 is 1.89 bits per heavy atom. The van der Waals surface area contributed by atoms with Crippen molar-refractivity contribution in [3.8, 4) is 22.9 Å². The average molecular weight is 578 g/mol. The molecule has 2 aliphatic heterocycles. The largest absolute Gasteiger partial charge is 0.497 e. The van der Waals surface area contributed by atoms with Crippen LogP contribution in [0.4, 0.5) is 0 Å². The summed E-state index contributed by atoms with van der Waals surface area (Å²) < 4.78 is 17.7. The molecule has 0 saturated heterocycles. The van der Waals surface area contributed by atoms with Gasteiger partial charge in [0.15, 0.2) is 0 Å². The maximum atomic E-state index is 6.78. The summed E-state index contributed by atoms with van der Waals surface area (Å²) in [6.45, 7) is 0. The monoisotopic (exact) mass is 577 g/mol. The predicted molar refractivity (Wildman–Crippen MR) is 174 cm³/mol. The molecule has 6 heteroatoms. The number of aromatic nitrogens is 2. The zero-order valence-electron chi connectivity index (χ0n) is 24.5. The lowest BCUT2D eigenvalue weighted by Gasteiger charge is -2.24. The fourth-order valence-electron chi connectivity index (χ4n) is 6.52. The number of methoxy groups -OCH3 is 2. The molecule has 3 aliphatic rings. The highest BCUT2D eigenvalue weighted by atomic mass is 16.5. The van der Waals surface area contributed by atoms with Crippen LogP contribution in [0.15, 0.2) is 131 Å². The molecule has 0 radical (unpaired) electrons. The Balaban J connectivity index is 1.41. The number of furan rings is 1. The first kappa shape index (κ1) is 26.2. The summed E-state index contributed by atoms with van der Waals surface area (Å²) in [5.41, 5.74) is 10.5. The van der Waals surface area contributed by atoms with Crippen LogP contribution in [-0.2, 0) is 0 Å². The van der Waals surface area contributed by atoms with Crippen LogP contribution in [-0.4, -0.2) is 35.9 Å². The van der Waals surface area contributed by atoms with Gasteiger partial charge in [-0.3, -0.25) is 4.99 Å². The smallest absolute Gasteiger partial charge is 0.137 e. The Labute approximate surface area is 255 Å². The molecule has 8 rings (SSSR count). The van der Waals surface area contributed by atoms with Gasteiger partial charge in [-0.15, -0.1) is 0 Å². The van der Waals surface area contributed by atoms with Crippen LogP contribution in [0.25, 0.3) is 22.5 Å². The van der Waals surface area contributed by atoms with E-state index in [4.69, 9.17) is 18.9 Å². The molecule has 3 aromatic heterocycles. The molecule has 1 aliphatic carbocycles. The third-order valence-corrected chi connectivity index (χ3v) is 8.73. The predicted octanol–water partition coefficient (Wildman–Crippen LogP) is 6.29. The molecule has 0 amide bonds. The number of fused-ring (bicyclic) bond motifs is 8. The molecule has 2 atom stereocenters. The van der Waals surface area contributed by atoms with Crippen LogP contribution >= 0.6 is 0 Å². The number of aromatic amines is 2. The fourth-order valence-corrected chi connectivity index (χ4v) is 6.52. The second-order valence-corrected chi connectivity index (χ2v) is 11.2. The number of hydrogen-bond donors (Lipinski definition) is 2. The van der Waals surface area contributed by atoms with Crippen LogP contribution in [0, 0.1) is 5.92 Å². The van der Waals surface area contributed by atoms with Gasteiger partial charge >= 0.3 is 0 Å².